The highest BCUT2D eigenvalue weighted by Crippen LogP contribution is 2.29. The van der Waals surface area contributed by atoms with Crippen LogP contribution in [0.5, 0.6) is 5.75 Å². The van der Waals surface area contributed by atoms with Crippen LogP contribution in [-0.4, -0.2) is 5.97 Å². The number of carbonyl (C=O) groups is 1. The minimum Gasteiger partial charge on any atom is -0.423 e. The number of esters is 1. The number of alkyl halides is 3. The highest BCUT2D eigenvalue weighted by atomic mass is 19.4. The first kappa shape index (κ1) is 14.0. The Balaban J connectivity index is 2.19. The Morgan fingerprint density at radius 2 is 1.65 bits per heavy atom. The van der Waals surface area contributed by atoms with Crippen molar-refractivity contribution in [1.82, 2.24) is 0 Å². The summed E-state index contributed by atoms with van der Waals surface area (Å²) in [5.74, 6) is -1.40. The molecule has 0 bridgehead atoms. The molecule has 0 unspecified atom stereocenters. The van der Waals surface area contributed by atoms with Gasteiger partial charge in [-0.05, 0) is 42.5 Å². The van der Waals surface area contributed by atoms with E-state index >= 15 is 0 Å². The van der Waals surface area contributed by atoms with Crippen LogP contribution in [0.4, 0.5) is 17.6 Å². The molecule has 6 heteroatoms. The number of ether oxygens (including phenoxy) is 1. The Bertz CT molecular complexity index is 618. The lowest BCUT2D eigenvalue weighted by molar-refractivity contribution is -0.137. The molecule has 0 amide bonds. The van der Waals surface area contributed by atoms with E-state index < -0.39 is 23.5 Å². The molecule has 0 aliphatic rings. The third-order valence-corrected chi connectivity index (χ3v) is 2.45. The van der Waals surface area contributed by atoms with Gasteiger partial charge in [-0.1, -0.05) is 6.07 Å². The molecule has 0 N–H and O–H groups in total. The van der Waals surface area contributed by atoms with Gasteiger partial charge >= 0.3 is 12.1 Å². The van der Waals surface area contributed by atoms with E-state index in [0.717, 1.165) is 24.3 Å². The topological polar surface area (TPSA) is 26.3 Å². The van der Waals surface area contributed by atoms with E-state index in [1.807, 2.05) is 0 Å². The number of carbonyl (C=O) groups excluding carboxylic acids is 1. The van der Waals surface area contributed by atoms with Crippen LogP contribution in [-0.2, 0) is 6.18 Å². The molecule has 104 valence electrons. The molecule has 0 aromatic heterocycles. The predicted molar refractivity (Wildman–Crippen MR) is 62.8 cm³/mol. The molecule has 2 rings (SSSR count). The van der Waals surface area contributed by atoms with Crippen molar-refractivity contribution >= 4 is 5.97 Å². The Hall–Kier alpha value is -2.37. The molecular weight excluding hydrogens is 276 g/mol. The first-order chi connectivity index (χ1) is 9.36. The number of hydrogen-bond acceptors (Lipinski definition) is 2. The largest absolute Gasteiger partial charge is 0.423 e. The zero-order chi connectivity index (χ0) is 14.8. The molecule has 2 nitrogen and oxygen atoms in total. The van der Waals surface area contributed by atoms with Gasteiger partial charge in [0.15, 0.2) is 0 Å². The average molecular weight is 284 g/mol. The summed E-state index contributed by atoms with van der Waals surface area (Å²) < 4.78 is 55.0. The van der Waals surface area contributed by atoms with Gasteiger partial charge in [-0.2, -0.15) is 13.2 Å². The zero-order valence-corrected chi connectivity index (χ0v) is 9.95. The molecule has 0 heterocycles. The summed E-state index contributed by atoms with van der Waals surface area (Å²) in [6.07, 6.45) is -4.54. The van der Waals surface area contributed by atoms with E-state index in [4.69, 9.17) is 4.74 Å². The minimum atomic E-state index is -4.54. The van der Waals surface area contributed by atoms with Crippen LogP contribution in [0.3, 0.4) is 0 Å². The Morgan fingerprint density at radius 3 is 2.25 bits per heavy atom. The van der Waals surface area contributed by atoms with Gasteiger partial charge in [0.1, 0.15) is 11.6 Å². The van der Waals surface area contributed by atoms with E-state index in [1.54, 1.807) is 0 Å². The number of benzene rings is 2. The quantitative estimate of drug-likeness (QED) is 0.472. The van der Waals surface area contributed by atoms with Crippen molar-refractivity contribution in [2.45, 2.75) is 6.18 Å². The molecule has 20 heavy (non-hydrogen) atoms. The third-order valence-electron chi connectivity index (χ3n) is 2.45. The second kappa shape index (κ2) is 5.32. The molecule has 0 atom stereocenters. The van der Waals surface area contributed by atoms with E-state index in [0.29, 0.717) is 6.07 Å². The number of rotatable bonds is 2. The zero-order valence-electron chi connectivity index (χ0n) is 9.95. The molecule has 0 aliphatic carbocycles. The van der Waals surface area contributed by atoms with Crippen molar-refractivity contribution in [1.29, 1.82) is 0 Å². The maximum atomic E-state index is 12.7. The van der Waals surface area contributed by atoms with Gasteiger partial charge in [-0.15, -0.1) is 0 Å². The molecular formula is C14H8F4O2. The van der Waals surface area contributed by atoms with E-state index in [1.165, 1.54) is 18.2 Å². The normalized spacial score (nSPS) is 11.2. The fourth-order valence-corrected chi connectivity index (χ4v) is 1.49. The molecule has 0 aliphatic heterocycles. The van der Waals surface area contributed by atoms with Crippen LogP contribution in [0.25, 0.3) is 0 Å². The molecule has 2 aromatic rings. The summed E-state index contributed by atoms with van der Waals surface area (Å²) in [6, 6.07) is 8.46. The van der Waals surface area contributed by atoms with Crippen molar-refractivity contribution in [3.8, 4) is 5.75 Å². The number of hydrogen-bond donors (Lipinski definition) is 0. The first-order valence-electron chi connectivity index (χ1n) is 5.51. The summed E-state index contributed by atoms with van der Waals surface area (Å²) in [5, 5.41) is 0. The monoisotopic (exact) mass is 284 g/mol. The molecule has 0 fully saturated rings. The molecule has 0 saturated heterocycles. The van der Waals surface area contributed by atoms with Gasteiger partial charge in [0.25, 0.3) is 0 Å². The van der Waals surface area contributed by atoms with Gasteiger partial charge in [-0.25, -0.2) is 9.18 Å². The van der Waals surface area contributed by atoms with Crippen molar-refractivity contribution in [2.75, 3.05) is 0 Å². The predicted octanol–water partition coefficient (Wildman–Crippen LogP) is 4.06. The second-order valence-electron chi connectivity index (χ2n) is 3.92. The van der Waals surface area contributed by atoms with Gasteiger partial charge in [0, 0.05) is 0 Å². The van der Waals surface area contributed by atoms with Crippen molar-refractivity contribution in [3.63, 3.8) is 0 Å². The van der Waals surface area contributed by atoms with E-state index in [2.05, 4.69) is 0 Å². The van der Waals surface area contributed by atoms with Crippen molar-refractivity contribution in [2.24, 2.45) is 0 Å². The molecule has 2 aromatic carbocycles. The Labute approximate surface area is 111 Å². The Kier molecular flexibility index (Phi) is 3.74. The van der Waals surface area contributed by atoms with Crippen LogP contribution in [0, 0.1) is 5.82 Å². The Morgan fingerprint density at radius 1 is 1.00 bits per heavy atom. The van der Waals surface area contributed by atoms with Crippen LogP contribution < -0.4 is 4.74 Å². The fourth-order valence-electron chi connectivity index (χ4n) is 1.49. The van der Waals surface area contributed by atoms with Gasteiger partial charge < -0.3 is 4.74 Å². The summed E-state index contributed by atoms with van der Waals surface area (Å²) >= 11 is 0. The first-order valence-corrected chi connectivity index (χ1v) is 5.51. The smallest absolute Gasteiger partial charge is 0.416 e. The third kappa shape index (κ3) is 3.34. The minimum absolute atomic E-state index is 0.0498. The lowest BCUT2D eigenvalue weighted by atomic mass is 10.1. The highest BCUT2D eigenvalue weighted by molar-refractivity contribution is 5.91. The van der Waals surface area contributed by atoms with Crippen LogP contribution in [0.1, 0.15) is 15.9 Å². The van der Waals surface area contributed by atoms with Crippen molar-refractivity contribution < 1.29 is 27.1 Å². The maximum absolute atomic E-state index is 12.7. The lowest BCUT2D eigenvalue weighted by Gasteiger charge is -2.08. The fraction of sp³-hybridized carbons (Fsp3) is 0.0714. The molecule has 0 spiro atoms. The maximum Gasteiger partial charge on any atom is 0.416 e. The van der Waals surface area contributed by atoms with Crippen molar-refractivity contribution in [3.05, 3.63) is 65.5 Å². The molecule has 0 radical (unpaired) electrons. The number of halogens is 4. The molecule has 0 saturated carbocycles. The lowest BCUT2D eigenvalue weighted by Crippen LogP contribution is -2.11. The second-order valence-corrected chi connectivity index (χ2v) is 3.92. The standard InChI is InChI=1S/C14H8F4O2/c15-11-4-6-12(7-5-11)20-13(19)9-2-1-3-10(8-9)14(16,17)18/h1-8H. The average Bonchev–Trinajstić information content (AvgIpc) is 2.40. The SMILES string of the molecule is O=C(Oc1ccc(F)cc1)c1cccc(C(F)(F)F)c1. The van der Waals surface area contributed by atoms with Gasteiger partial charge in [0.2, 0.25) is 0 Å². The van der Waals surface area contributed by atoms with Gasteiger partial charge in [-0.3, -0.25) is 0 Å². The summed E-state index contributed by atoms with van der Waals surface area (Å²) in [5.41, 5.74) is -1.17. The van der Waals surface area contributed by atoms with E-state index in [9.17, 15) is 22.4 Å². The summed E-state index contributed by atoms with van der Waals surface area (Å²) in [4.78, 5) is 11.7. The van der Waals surface area contributed by atoms with E-state index in [-0.39, 0.29) is 11.3 Å². The highest BCUT2D eigenvalue weighted by Gasteiger charge is 2.31. The van der Waals surface area contributed by atoms with Crippen LogP contribution >= 0.6 is 0 Å². The van der Waals surface area contributed by atoms with Crippen LogP contribution in [0.2, 0.25) is 0 Å². The summed E-state index contributed by atoms with van der Waals surface area (Å²) in [6.45, 7) is 0. The van der Waals surface area contributed by atoms with Gasteiger partial charge in [0.05, 0.1) is 11.1 Å². The summed E-state index contributed by atoms with van der Waals surface area (Å²) in [7, 11) is 0. The van der Waals surface area contributed by atoms with Crippen LogP contribution in [0.15, 0.2) is 48.5 Å².